The van der Waals surface area contributed by atoms with E-state index in [1.165, 1.54) is 0 Å². The summed E-state index contributed by atoms with van der Waals surface area (Å²) in [5, 5.41) is 0. The van der Waals surface area contributed by atoms with Crippen LogP contribution < -0.4 is 0 Å². The summed E-state index contributed by atoms with van der Waals surface area (Å²) in [6, 6.07) is 14.5. The molecule has 17 heavy (non-hydrogen) atoms. The Morgan fingerprint density at radius 2 is 1.76 bits per heavy atom. The fraction of sp³-hybridized carbons (Fsp3) is 0. The second-order valence-corrected chi connectivity index (χ2v) is 5.56. The molecule has 2 aromatic carbocycles. The molecule has 0 unspecified atom stereocenters. The summed E-state index contributed by atoms with van der Waals surface area (Å²) in [5.74, 6) is 0. The lowest BCUT2D eigenvalue weighted by Crippen LogP contribution is -2.03. The zero-order chi connectivity index (χ0) is 11.9. The highest BCUT2D eigenvalue weighted by atomic mass is 32.2. The number of benzene rings is 2. The van der Waals surface area contributed by atoms with Crippen LogP contribution in [0.5, 0.6) is 0 Å². The molecule has 83 valence electrons. The Kier molecular flexibility index (Phi) is 2.12. The van der Waals surface area contributed by atoms with Crippen molar-refractivity contribution in [2.45, 2.75) is 9.79 Å². The van der Waals surface area contributed by atoms with Gasteiger partial charge in [0.25, 0.3) is 0 Å². The van der Waals surface area contributed by atoms with Crippen LogP contribution in [-0.2, 0) is 9.84 Å². The van der Waals surface area contributed by atoms with Crippen molar-refractivity contribution in [1.29, 1.82) is 0 Å². The summed E-state index contributed by atoms with van der Waals surface area (Å²) in [7, 11) is -3.49. The smallest absolute Gasteiger partial charge is 0.209 e. The lowest BCUT2D eigenvalue weighted by Gasteiger charge is -2.05. The maximum Gasteiger partial charge on any atom is 0.209 e. The van der Waals surface area contributed by atoms with Gasteiger partial charge in [-0.1, -0.05) is 24.3 Å². The van der Waals surface area contributed by atoms with E-state index in [0.717, 1.165) is 0 Å². The third-order valence-corrected chi connectivity index (χ3v) is 4.48. The molecule has 0 aliphatic carbocycles. The van der Waals surface area contributed by atoms with E-state index in [2.05, 4.69) is 11.1 Å². The van der Waals surface area contributed by atoms with Gasteiger partial charge in [0, 0.05) is 11.8 Å². The molecule has 1 aliphatic rings. The standard InChI is InChI=1S/C13H8NO2S/c15-17(16)12-7-3-1-5-10(12)9-14-11-6-2-4-8-13(11)17/h1-4,6-9H. The van der Waals surface area contributed by atoms with E-state index >= 15 is 0 Å². The van der Waals surface area contributed by atoms with E-state index in [4.69, 9.17) is 0 Å². The number of fused-ring (bicyclic) bond motifs is 2. The molecule has 0 saturated carbocycles. The number of rotatable bonds is 0. The zero-order valence-corrected chi connectivity index (χ0v) is 9.61. The zero-order valence-electron chi connectivity index (χ0n) is 8.79. The summed E-state index contributed by atoms with van der Waals surface area (Å²) in [4.78, 5) is 4.69. The van der Waals surface area contributed by atoms with Crippen molar-refractivity contribution in [3.8, 4) is 0 Å². The van der Waals surface area contributed by atoms with Gasteiger partial charge in [0.2, 0.25) is 9.84 Å². The molecule has 2 aromatic rings. The van der Waals surface area contributed by atoms with E-state index in [9.17, 15) is 8.42 Å². The summed E-state index contributed by atoms with van der Waals surface area (Å²) >= 11 is 0. The molecule has 0 saturated heterocycles. The van der Waals surface area contributed by atoms with Crippen LogP contribution in [0.3, 0.4) is 0 Å². The van der Waals surface area contributed by atoms with Crippen molar-refractivity contribution >= 4 is 21.7 Å². The fourth-order valence-corrected chi connectivity index (χ4v) is 3.36. The molecule has 4 heteroatoms. The summed E-state index contributed by atoms with van der Waals surface area (Å²) < 4.78 is 24.8. The molecular formula is C13H8NO2S. The summed E-state index contributed by atoms with van der Waals surface area (Å²) in [6.45, 7) is 0. The van der Waals surface area contributed by atoms with Gasteiger partial charge in [-0.2, -0.15) is 0 Å². The molecule has 0 aromatic heterocycles. The van der Waals surface area contributed by atoms with Gasteiger partial charge < -0.3 is 0 Å². The predicted molar refractivity (Wildman–Crippen MR) is 64.4 cm³/mol. The summed E-state index contributed by atoms with van der Waals surface area (Å²) in [6.07, 6.45) is 1.54. The van der Waals surface area contributed by atoms with Crippen LogP contribution in [0.4, 0.5) is 5.69 Å². The van der Waals surface area contributed by atoms with Crippen LogP contribution in [0.1, 0.15) is 5.56 Å². The van der Waals surface area contributed by atoms with E-state index in [1.807, 2.05) is 0 Å². The summed E-state index contributed by atoms with van der Waals surface area (Å²) in [5.41, 5.74) is 0.973. The molecule has 1 radical (unpaired) electrons. The highest BCUT2D eigenvalue weighted by molar-refractivity contribution is 7.91. The molecule has 0 bridgehead atoms. The van der Waals surface area contributed by atoms with E-state index in [1.54, 1.807) is 48.7 Å². The Labute approximate surface area is 99.4 Å². The topological polar surface area (TPSA) is 46.5 Å². The second-order valence-electron chi connectivity index (χ2n) is 3.68. The minimum absolute atomic E-state index is 0.245. The minimum Gasteiger partial charge on any atom is -0.255 e. The normalized spacial score (nSPS) is 15.8. The lowest BCUT2D eigenvalue weighted by atomic mass is 10.2. The molecular weight excluding hydrogens is 234 g/mol. The number of aliphatic imine (C=N–C) groups is 1. The van der Waals surface area contributed by atoms with Crippen LogP contribution in [0, 0.1) is 6.07 Å². The van der Waals surface area contributed by atoms with Crippen LogP contribution in [0.15, 0.2) is 57.2 Å². The van der Waals surface area contributed by atoms with Gasteiger partial charge in [-0.15, -0.1) is 0 Å². The van der Waals surface area contributed by atoms with Gasteiger partial charge >= 0.3 is 0 Å². The van der Waals surface area contributed by atoms with Crippen molar-refractivity contribution < 1.29 is 8.42 Å². The van der Waals surface area contributed by atoms with Crippen molar-refractivity contribution in [2.24, 2.45) is 4.99 Å². The maximum atomic E-state index is 12.4. The van der Waals surface area contributed by atoms with E-state index in [-0.39, 0.29) is 9.79 Å². The molecule has 0 amide bonds. The van der Waals surface area contributed by atoms with Crippen molar-refractivity contribution in [3.05, 3.63) is 54.1 Å². The quantitative estimate of drug-likeness (QED) is 0.607. The van der Waals surface area contributed by atoms with Gasteiger partial charge in [-0.05, 0) is 24.3 Å². The first-order valence-corrected chi connectivity index (χ1v) is 6.57. The lowest BCUT2D eigenvalue weighted by molar-refractivity contribution is 0.596. The average molecular weight is 242 g/mol. The van der Waals surface area contributed by atoms with Gasteiger partial charge in [0.1, 0.15) is 0 Å². The molecule has 1 heterocycles. The Balaban J connectivity index is 2.43. The molecule has 3 rings (SSSR count). The number of hydrogen-bond acceptors (Lipinski definition) is 3. The Bertz CT molecular complexity index is 662. The number of hydrogen-bond donors (Lipinski definition) is 0. The van der Waals surface area contributed by atoms with Crippen LogP contribution in [0.25, 0.3) is 0 Å². The van der Waals surface area contributed by atoms with Gasteiger partial charge in [-0.25, -0.2) is 8.42 Å². The SMILES string of the molecule is O=S1(=O)c2ccc[c]c2C=Nc2ccccc21. The van der Waals surface area contributed by atoms with Gasteiger partial charge in [0.05, 0.1) is 15.5 Å². The fourth-order valence-electron chi connectivity index (χ4n) is 1.81. The van der Waals surface area contributed by atoms with Gasteiger partial charge in [-0.3, -0.25) is 4.99 Å². The Morgan fingerprint density at radius 3 is 2.65 bits per heavy atom. The Hall–Kier alpha value is -1.94. The highest BCUT2D eigenvalue weighted by Crippen LogP contribution is 2.32. The van der Waals surface area contributed by atoms with Crippen LogP contribution in [-0.4, -0.2) is 14.6 Å². The second kappa shape index (κ2) is 3.53. The minimum atomic E-state index is -3.49. The number of nitrogens with zero attached hydrogens (tertiary/aromatic N) is 1. The predicted octanol–water partition coefficient (Wildman–Crippen LogP) is 2.38. The van der Waals surface area contributed by atoms with Crippen molar-refractivity contribution in [1.82, 2.24) is 0 Å². The van der Waals surface area contributed by atoms with Crippen LogP contribution >= 0.6 is 0 Å². The first-order chi connectivity index (χ1) is 8.19. The maximum absolute atomic E-state index is 12.4. The first kappa shape index (κ1) is 10.2. The van der Waals surface area contributed by atoms with E-state index < -0.39 is 9.84 Å². The average Bonchev–Trinajstić information content (AvgIpc) is 2.47. The number of para-hydroxylation sites is 1. The third kappa shape index (κ3) is 1.49. The molecule has 1 aliphatic heterocycles. The van der Waals surface area contributed by atoms with Gasteiger partial charge in [0.15, 0.2) is 0 Å². The molecule has 0 N–H and O–H groups in total. The highest BCUT2D eigenvalue weighted by Gasteiger charge is 2.25. The first-order valence-electron chi connectivity index (χ1n) is 5.08. The van der Waals surface area contributed by atoms with Crippen LogP contribution in [0.2, 0.25) is 0 Å². The molecule has 0 spiro atoms. The molecule has 3 nitrogen and oxygen atoms in total. The largest absolute Gasteiger partial charge is 0.255 e. The number of sulfone groups is 1. The van der Waals surface area contributed by atoms with Crippen molar-refractivity contribution in [2.75, 3.05) is 0 Å². The molecule has 0 atom stereocenters. The van der Waals surface area contributed by atoms with Crippen molar-refractivity contribution in [3.63, 3.8) is 0 Å². The third-order valence-electron chi connectivity index (χ3n) is 2.63. The molecule has 0 fully saturated rings. The monoisotopic (exact) mass is 242 g/mol. The van der Waals surface area contributed by atoms with E-state index in [0.29, 0.717) is 11.3 Å². The Morgan fingerprint density at radius 1 is 1.00 bits per heavy atom.